The first-order chi connectivity index (χ1) is 13.2. The molecule has 2 aromatic carbocycles. The van der Waals surface area contributed by atoms with Crippen molar-refractivity contribution < 1.29 is 4.79 Å². The highest BCUT2D eigenvalue weighted by atomic mass is 16.2. The van der Waals surface area contributed by atoms with Crippen LogP contribution in [0.1, 0.15) is 47.2 Å². The van der Waals surface area contributed by atoms with Gasteiger partial charge in [0.05, 0.1) is 5.52 Å². The average Bonchev–Trinajstić information content (AvgIpc) is 2.61. The average molecular weight is 377 g/mol. The third-order valence-electron chi connectivity index (χ3n) is 5.42. The maximum Gasteiger partial charge on any atom is 0.252 e. The Morgan fingerprint density at radius 1 is 0.964 bits per heavy atom. The molecule has 3 rings (SSSR count). The van der Waals surface area contributed by atoms with Gasteiger partial charge in [-0.2, -0.15) is 0 Å². The Labute approximate surface area is 166 Å². The summed E-state index contributed by atoms with van der Waals surface area (Å²) in [7, 11) is 0. The number of aryl methyl sites for hydroxylation is 5. The van der Waals surface area contributed by atoms with Crippen molar-refractivity contribution in [2.24, 2.45) is 0 Å². The summed E-state index contributed by atoms with van der Waals surface area (Å²) >= 11 is 0. The molecule has 1 aromatic heterocycles. The molecule has 1 heterocycles. The summed E-state index contributed by atoms with van der Waals surface area (Å²) in [6.07, 6.45) is 0.530. The largest absolute Gasteiger partial charge is 0.324 e. The lowest BCUT2D eigenvalue weighted by Gasteiger charge is -2.23. The quantitative estimate of drug-likeness (QED) is 0.686. The Bertz CT molecular complexity index is 1110. The first-order valence-corrected chi connectivity index (χ1v) is 9.74. The number of amides is 1. The molecule has 0 saturated carbocycles. The van der Waals surface area contributed by atoms with Gasteiger partial charge >= 0.3 is 0 Å². The molecule has 0 saturated heterocycles. The molecular weight excluding hydrogens is 348 g/mol. The summed E-state index contributed by atoms with van der Waals surface area (Å²) < 4.78 is 1.67. The van der Waals surface area contributed by atoms with Crippen molar-refractivity contribution in [2.45, 2.75) is 54.0 Å². The van der Waals surface area contributed by atoms with Gasteiger partial charge in [0.1, 0.15) is 6.04 Å². The number of rotatable bonds is 4. The second-order valence-electron chi connectivity index (χ2n) is 7.69. The zero-order chi connectivity index (χ0) is 20.6. The zero-order valence-corrected chi connectivity index (χ0v) is 17.5. The lowest BCUT2D eigenvalue weighted by Crippen LogP contribution is -2.34. The predicted octanol–water partition coefficient (Wildman–Crippen LogP) is 5.13. The van der Waals surface area contributed by atoms with Crippen LogP contribution in [0.2, 0.25) is 0 Å². The number of para-hydroxylation sites is 1. The molecule has 0 aliphatic carbocycles. The molecule has 1 N–H and O–H groups in total. The third-order valence-corrected chi connectivity index (χ3v) is 5.42. The third kappa shape index (κ3) is 3.47. The van der Waals surface area contributed by atoms with Gasteiger partial charge in [0.15, 0.2) is 0 Å². The highest BCUT2D eigenvalue weighted by Gasteiger charge is 2.24. The molecule has 3 aromatic rings. The van der Waals surface area contributed by atoms with Crippen LogP contribution in [-0.4, -0.2) is 10.5 Å². The number of benzene rings is 2. The molecular formula is C24H28N2O2. The monoisotopic (exact) mass is 376 g/mol. The van der Waals surface area contributed by atoms with Gasteiger partial charge in [-0.1, -0.05) is 36.8 Å². The van der Waals surface area contributed by atoms with Crippen molar-refractivity contribution in [3.63, 3.8) is 0 Å². The van der Waals surface area contributed by atoms with Crippen molar-refractivity contribution in [2.75, 3.05) is 5.32 Å². The Balaban J connectivity index is 2.17. The molecule has 1 amide bonds. The second-order valence-corrected chi connectivity index (χ2v) is 7.69. The Morgan fingerprint density at radius 2 is 1.61 bits per heavy atom. The van der Waals surface area contributed by atoms with Gasteiger partial charge in [-0.15, -0.1) is 0 Å². The first kappa shape index (κ1) is 19.9. The smallest absolute Gasteiger partial charge is 0.252 e. The minimum absolute atomic E-state index is 0.138. The highest BCUT2D eigenvalue weighted by Crippen LogP contribution is 2.27. The van der Waals surface area contributed by atoms with E-state index in [1.54, 1.807) is 10.6 Å². The van der Waals surface area contributed by atoms with Crippen molar-refractivity contribution in [3.05, 3.63) is 74.6 Å². The van der Waals surface area contributed by atoms with E-state index in [9.17, 15) is 9.59 Å². The number of nitrogens with one attached hydrogen (secondary N) is 1. The van der Waals surface area contributed by atoms with Crippen LogP contribution < -0.4 is 10.9 Å². The summed E-state index contributed by atoms with van der Waals surface area (Å²) in [5, 5.41) is 4.09. The first-order valence-electron chi connectivity index (χ1n) is 9.74. The van der Waals surface area contributed by atoms with E-state index in [4.69, 9.17) is 0 Å². The van der Waals surface area contributed by atoms with Gasteiger partial charge in [-0.3, -0.25) is 14.2 Å². The van der Waals surface area contributed by atoms with E-state index in [1.165, 1.54) is 0 Å². The number of fused-ring (bicyclic) bond motifs is 1. The molecule has 0 aliphatic heterocycles. The fourth-order valence-corrected chi connectivity index (χ4v) is 4.04. The van der Waals surface area contributed by atoms with Crippen LogP contribution in [-0.2, 0) is 4.79 Å². The van der Waals surface area contributed by atoms with Gasteiger partial charge in [-0.05, 0) is 69.4 Å². The topological polar surface area (TPSA) is 51.1 Å². The highest BCUT2D eigenvalue weighted by molar-refractivity contribution is 5.96. The molecule has 1 unspecified atom stereocenters. The van der Waals surface area contributed by atoms with Gasteiger partial charge in [0.25, 0.3) is 5.56 Å². The summed E-state index contributed by atoms with van der Waals surface area (Å²) in [4.78, 5) is 26.2. The van der Waals surface area contributed by atoms with E-state index >= 15 is 0 Å². The fraction of sp³-hybridized carbons (Fsp3) is 0.333. The maximum atomic E-state index is 13.2. The summed E-state index contributed by atoms with van der Waals surface area (Å²) in [5.74, 6) is -0.160. The lowest BCUT2D eigenvalue weighted by molar-refractivity contribution is -0.119. The van der Waals surface area contributed by atoms with Gasteiger partial charge < -0.3 is 5.32 Å². The Morgan fingerprint density at radius 3 is 2.21 bits per heavy atom. The van der Waals surface area contributed by atoms with Gasteiger partial charge in [0, 0.05) is 17.1 Å². The van der Waals surface area contributed by atoms with Crippen LogP contribution in [0.3, 0.4) is 0 Å². The summed E-state index contributed by atoms with van der Waals surface area (Å²) in [6.45, 7) is 11.9. The molecule has 0 bridgehead atoms. The van der Waals surface area contributed by atoms with Crippen molar-refractivity contribution in [3.8, 4) is 0 Å². The van der Waals surface area contributed by atoms with Crippen molar-refractivity contribution in [1.82, 2.24) is 4.57 Å². The number of nitrogens with zero attached hydrogens (tertiary/aromatic N) is 1. The van der Waals surface area contributed by atoms with E-state index in [2.05, 4.69) is 17.4 Å². The molecule has 146 valence electrons. The van der Waals surface area contributed by atoms with Crippen LogP contribution in [0.4, 0.5) is 5.69 Å². The SMILES string of the molecule is CCC(C(=O)Nc1c(C)cccc1C)n1c(=O)cc(C)c2cc(C)cc(C)c21. The van der Waals surface area contributed by atoms with Crippen LogP contribution in [0.15, 0.2) is 41.2 Å². The van der Waals surface area contributed by atoms with Crippen LogP contribution in [0.5, 0.6) is 0 Å². The molecule has 0 radical (unpaired) electrons. The van der Waals surface area contributed by atoms with Crippen molar-refractivity contribution in [1.29, 1.82) is 0 Å². The minimum atomic E-state index is -0.573. The summed E-state index contributed by atoms with van der Waals surface area (Å²) in [6, 6.07) is 11.1. The number of carbonyl (C=O) groups is 1. The molecule has 0 spiro atoms. The number of carbonyl (C=O) groups excluding carboxylic acids is 1. The summed E-state index contributed by atoms with van der Waals surface area (Å²) in [5.41, 5.74) is 6.64. The number of pyridine rings is 1. The molecule has 4 nitrogen and oxygen atoms in total. The maximum absolute atomic E-state index is 13.2. The van der Waals surface area contributed by atoms with Crippen LogP contribution in [0.25, 0.3) is 10.9 Å². The van der Waals surface area contributed by atoms with E-state index in [-0.39, 0.29) is 11.5 Å². The number of hydrogen-bond donors (Lipinski definition) is 1. The number of hydrogen-bond acceptors (Lipinski definition) is 2. The predicted molar refractivity (Wildman–Crippen MR) is 116 cm³/mol. The standard InChI is InChI=1S/C24H28N2O2/c1-7-20(24(28)25-22-15(3)9-8-10-16(22)4)26-21(27)13-17(5)19-12-14(2)11-18(6)23(19)26/h8-13,20H,7H2,1-6H3,(H,25,28). The van der Waals surface area contributed by atoms with Gasteiger partial charge in [0.2, 0.25) is 5.91 Å². The molecule has 28 heavy (non-hydrogen) atoms. The van der Waals surface area contributed by atoms with Crippen LogP contribution in [0, 0.1) is 34.6 Å². The fourth-order valence-electron chi connectivity index (χ4n) is 4.04. The minimum Gasteiger partial charge on any atom is -0.324 e. The Hall–Kier alpha value is -2.88. The number of anilines is 1. The Kier molecular flexibility index (Phi) is 5.41. The van der Waals surface area contributed by atoms with Crippen LogP contribution >= 0.6 is 0 Å². The van der Waals surface area contributed by atoms with E-state index in [0.29, 0.717) is 6.42 Å². The molecule has 0 fully saturated rings. The van der Waals surface area contributed by atoms with E-state index < -0.39 is 6.04 Å². The zero-order valence-electron chi connectivity index (χ0n) is 17.5. The molecule has 0 aliphatic rings. The normalized spacial score (nSPS) is 12.2. The van der Waals surface area contributed by atoms with Gasteiger partial charge in [-0.25, -0.2) is 0 Å². The van der Waals surface area contributed by atoms with E-state index in [0.717, 1.165) is 44.4 Å². The second kappa shape index (κ2) is 7.63. The number of aromatic nitrogens is 1. The lowest BCUT2D eigenvalue weighted by atomic mass is 10.0. The molecule has 4 heteroatoms. The van der Waals surface area contributed by atoms with Crippen molar-refractivity contribution >= 4 is 22.5 Å². The molecule has 1 atom stereocenters. The van der Waals surface area contributed by atoms with E-state index in [1.807, 2.05) is 59.7 Å².